The highest BCUT2D eigenvalue weighted by Crippen LogP contribution is 2.27. The molecule has 4 rings (SSSR count). The van der Waals surface area contributed by atoms with Crippen LogP contribution in [0.15, 0.2) is 78.0 Å². The zero-order chi connectivity index (χ0) is 24.5. The van der Waals surface area contributed by atoms with Crippen molar-refractivity contribution in [2.24, 2.45) is 5.14 Å². The van der Waals surface area contributed by atoms with Crippen LogP contribution >= 0.6 is 0 Å². The summed E-state index contributed by atoms with van der Waals surface area (Å²) < 4.78 is 61.5. The van der Waals surface area contributed by atoms with Crippen LogP contribution in [0.3, 0.4) is 0 Å². The molecule has 0 bridgehead atoms. The lowest BCUT2D eigenvalue weighted by Crippen LogP contribution is -2.36. The van der Waals surface area contributed by atoms with Crippen molar-refractivity contribution in [2.75, 3.05) is 11.9 Å². The number of aromatic nitrogens is 2. The number of sulfonamides is 1. The highest BCUT2D eigenvalue weighted by atomic mass is 32.2. The summed E-state index contributed by atoms with van der Waals surface area (Å²) in [4.78, 5) is 16.2. The van der Waals surface area contributed by atoms with Gasteiger partial charge in [0.15, 0.2) is 0 Å². The molecule has 4 aromatic rings. The Morgan fingerprint density at radius 1 is 1.00 bits per heavy atom. The number of primary sulfonamides is 1. The van der Waals surface area contributed by atoms with Crippen molar-refractivity contribution in [1.29, 1.82) is 0 Å². The third-order valence-corrected chi connectivity index (χ3v) is 5.82. The minimum Gasteiger partial charge on any atom is -0.329 e. The second-order valence-electron chi connectivity index (χ2n) is 7.36. The van der Waals surface area contributed by atoms with Crippen molar-refractivity contribution in [3.8, 4) is 22.4 Å². The molecule has 8 nitrogen and oxygen atoms in total. The number of fused-ring (bicyclic) bond motifs is 1. The number of carbonyl (C=O) groups is 1. The number of nitrogens with zero attached hydrogens (tertiary/aromatic N) is 2. The van der Waals surface area contributed by atoms with Crippen LogP contribution in [-0.2, 0) is 10.0 Å². The molecule has 176 valence electrons. The summed E-state index contributed by atoms with van der Waals surface area (Å²) in [5.74, 6) is 0. The number of alkyl halides is 3. The van der Waals surface area contributed by atoms with Crippen LogP contribution in [-0.4, -0.2) is 36.6 Å². The number of rotatable bonds is 5. The Balaban J connectivity index is 1.57. The molecule has 12 heteroatoms. The van der Waals surface area contributed by atoms with Crippen molar-refractivity contribution in [1.82, 2.24) is 14.7 Å². The molecule has 0 atom stereocenters. The van der Waals surface area contributed by atoms with Crippen molar-refractivity contribution in [2.45, 2.75) is 11.1 Å². The van der Waals surface area contributed by atoms with Gasteiger partial charge in [-0.3, -0.25) is 4.40 Å². The van der Waals surface area contributed by atoms with Gasteiger partial charge in [-0.1, -0.05) is 24.3 Å². The number of halogens is 3. The van der Waals surface area contributed by atoms with Crippen molar-refractivity contribution in [3.63, 3.8) is 0 Å². The zero-order valence-corrected chi connectivity index (χ0v) is 18.2. The Hall–Kier alpha value is -3.90. The van der Waals surface area contributed by atoms with E-state index >= 15 is 0 Å². The normalized spacial score (nSPS) is 12.0. The molecule has 0 aliphatic heterocycles. The molecule has 0 saturated carbocycles. The van der Waals surface area contributed by atoms with E-state index in [4.69, 9.17) is 5.14 Å². The topological polar surface area (TPSA) is 119 Å². The fourth-order valence-electron chi connectivity index (χ4n) is 3.32. The van der Waals surface area contributed by atoms with Crippen LogP contribution < -0.4 is 15.8 Å². The molecule has 0 aliphatic rings. The Labute approximate surface area is 192 Å². The van der Waals surface area contributed by atoms with E-state index in [9.17, 15) is 26.4 Å². The Morgan fingerprint density at radius 3 is 2.41 bits per heavy atom. The first-order valence-electron chi connectivity index (χ1n) is 9.82. The molecule has 2 amide bonds. The largest absolute Gasteiger partial charge is 0.405 e. The number of pyridine rings is 1. The van der Waals surface area contributed by atoms with E-state index in [1.54, 1.807) is 54.1 Å². The third kappa shape index (κ3) is 5.35. The number of hydrogen-bond acceptors (Lipinski definition) is 4. The molecule has 0 aliphatic carbocycles. The predicted octanol–water partition coefficient (Wildman–Crippen LogP) is 4.00. The van der Waals surface area contributed by atoms with Gasteiger partial charge >= 0.3 is 12.2 Å². The summed E-state index contributed by atoms with van der Waals surface area (Å²) in [6.45, 7) is -1.43. The summed E-state index contributed by atoms with van der Waals surface area (Å²) in [7, 11) is -3.78. The van der Waals surface area contributed by atoms with Crippen molar-refractivity contribution in [3.05, 3.63) is 73.1 Å². The monoisotopic (exact) mass is 489 g/mol. The van der Waals surface area contributed by atoms with E-state index in [2.05, 4.69) is 10.3 Å². The Bertz CT molecular complexity index is 1470. The van der Waals surface area contributed by atoms with E-state index in [1.807, 2.05) is 16.5 Å². The van der Waals surface area contributed by atoms with Crippen LogP contribution in [0.4, 0.5) is 23.7 Å². The number of nitrogens with one attached hydrogen (secondary N) is 2. The fraction of sp³-hybridized carbons (Fsp3) is 0.0909. The minimum atomic E-state index is -4.50. The van der Waals surface area contributed by atoms with Gasteiger partial charge in [-0.15, -0.1) is 0 Å². The van der Waals surface area contributed by atoms with Gasteiger partial charge in [0.25, 0.3) is 0 Å². The molecule has 2 heterocycles. The van der Waals surface area contributed by atoms with Crippen LogP contribution in [0.1, 0.15) is 0 Å². The second kappa shape index (κ2) is 8.80. The van der Waals surface area contributed by atoms with Crippen molar-refractivity contribution < 1.29 is 26.4 Å². The van der Waals surface area contributed by atoms with E-state index in [0.29, 0.717) is 22.6 Å². The number of nitrogens with two attached hydrogens (primary N) is 1. The van der Waals surface area contributed by atoms with Gasteiger partial charge in [0.2, 0.25) is 10.0 Å². The van der Waals surface area contributed by atoms with Gasteiger partial charge in [0.1, 0.15) is 12.2 Å². The van der Waals surface area contributed by atoms with Crippen LogP contribution in [0.5, 0.6) is 0 Å². The standard InChI is InChI=1S/C22H18F3N5O3S/c23-22(24,25)13-28-21(31)29-17-3-1-2-16(10-17)19-12-27-20-11-15(8-9-30(19)20)14-4-6-18(7-5-14)34(26,32)33/h1-12H,13H2,(H2,26,32,33)(H2,28,29,31). The summed E-state index contributed by atoms with van der Waals surface area (Å²) >= 11 is 0. The Kier molecular flexibility index (Phi) is 6.02. The molecule has 34 heavy (non-hydrogen) atoms. The summed E-state index contributed by atoms with van der Waals surface area (Å²) in [6, 6.07) is 15.5. The molecule has 2 aromatic heterocycles. The number of benzene rings is 2. The fourth-order valence-corrected chi connectivity index (χ4v) is 3.84. The smallest absolute Gasteiger partial charge is 0.329 e. The predicted molar refractivity (Wildman–Crippen MR) is 121 cm³/mol. The van der Waals surface area contributed by atoms with Crippen LogP contribution in [0.2, 0.25) is 0 Å². The number of hydrogen-bond donors (Lipinski definition) is 3. The van der Waals surface area contributed by atoms with E-state index < -0.39 is 28.8 Å². The van der Waals surface area contributed by atoms with E-state index in [1.165, 1.54) is 12.1 Å². The first-order chi connectivity index (χ1) is 16.0. The van der Waals surface area contributed by atoms with Gasteiger partial charge in [0, 0.05) is 17.4 Å². The number of amides is 2. The first-order valence-corrected chi connectivity index (χ1v) is 11.4. The molecular formula is C22H18F3N5O3S. The van der Waals surface area contributed by atoms with Gasteiger partial charge in [-0.25, -0.2) is 23.3 Å². The summed E-state index contributed by atoms with van der Waals surface area (Å²) in [5, 5.41) is 9.27. The summed E-state index contributed by atoms with van der Waals surface area (Å²) in [5.41, 5.74) is 3.90. The average Bonchev–Trinajstić information content (AvgIpc) is 3.20. The lowest BCUT2D eigenvalue weighted by Gasteiger charge is -2.11. The molecule has 0 saturated heterocycles. The maximum Gasteiger partial charge on any atom is 0.405 e. The summed E-state index contributed by atoms with van der Waals surface area (Å²) in [6.07, 6.45) is -1.08. The zero-order valence-electron chi connectivity index (χ0n) is 17.4. The average molecular weight is 489 g/mol. The maximum absolute atomic E-state index is 12.3. The lowest BCUT2D eigenvalue weighted by molar-refractivity contribution is -0.122. The minimum absolute atomic E-state index is 0.0148. The molecular weight excluding hydrogens is 471 g/mol. The van der Waals surface area contributed by atoms with Gasteiger partial charge in [0.05, 0.1) is 16.8 Å². The lowest BCUT2D eigenvalue weighted by atomic mass is 10.1. The van der Waals surface area contributed by atoms with Gasteiger partial charge < -0.3 is 10.6 Å². The highest BCUT2D eigenvalue weighted by molar-refractivity contribution is 7.89. The van der Waals surface area contributed by atoms with Crippen LogP contribution in [0, 0.1) is 0 Å². The van der Waals surface area contributed by atoms with Gasteiger partial charge in [-0.05, 0) is 47.5 Å². The van der Waals surface area contributed by atoms with Crippen molar-refractivity contribution >= 4 is 27.4 Å². The number of urea groups is 1. The molecule has 0 unspecified atom stereocenters. The maximum atomic E-state index is 12.3. The van der Waals surface area contributed by atoms with Crippen LogP contribution in [0.25, 0.3) is 28.0 Å². The third-order valence-electron chi connectivity index (χ3n) is 4.90. The van der Waals surface area contributed by atoms with Gasteiger partial charge in [-0.2, -0.15) is 13.2 Å². The Morgan fingerprint density at radius 2 is 1.74 bits per heavy atom. The van der Waals surface area contributed by atoms with E-state index in [0.717, 1.165) is 11.1 Å². The molecule has 0 fully saturated rings. The first kappa shape index (κ1) is 23.3. The number of carbonyl (C=O) groups excluding carboxylic acids is 1. The molecule has 0 spiro atoms. The highest BCUT2D eigenvalue weighted by Gasteiger charge is 2.27. The SMILES string of the molecule is NS(=O)(=O)c1ccc(-c2ccn3c(-c4cccc(NC(=O)NCC(F)(F)F)c4)cnc3c2)cc1. The molecule has 4 N–H and O–H groups in total. The quantitative estimate of drug-likeness (QED) is 0.393. The number of imidazole rings is 1. The van der Waals surface area contributed by atoms with E-state index in [-0.39, 0.29) is 4.90 Å². The number of anilines is 1. The molecule has 0 radical (unpaired) electrons. The second-order valence-corrected chi connectivity index (χ2v) is 8.92. The molecule has 2 aromatic carbocycles.